The van der Waals surface area contributed by atoms with E-state index in [0.717, 1.165) is 32.0 Å². The van der Waals surface area contributed by atoms with E-state index in [2.05, 4.69) is 41.4 Å². The average Bonchev–Trinajstić information content (AvgIpc) is 2.83. The van der Waals surface area contributed by atoms with Gasteiger partial charge in [0.1, 0.15) is 0 Å². The van der Waals surface area contributed by atoms with Crippen LogP contribution >= 0.6 is 0 Å². The van der Waals surface area contributed by atoms with Crippen molar-refractivity contribution >= 4 is 5.95 Å². The van der Waals surface area contributed by atoms with Crippen LogP contribution in [0.1, 0.15) is 26.5 Å². The smallest absolute Gasteiger partial charge is 0.205 e. The monoisotopic (exact) mass is 222 g/mol. The summed E-state index contributed by atoms with van der Waals surface area (Å²) in [4.78, 5) is 7.00. The molecule has 1 aromatic heterocycles. The first-order chi connectivity index (χ1) is 7.65. The molecule has 0 aromatic carbocycles. The number of nitrogens with two attached hydrogens (primary N) is 1. The minimum Gasteiger partial charge on any atom is -0.340 e. The summed E-state index contributed by atoms with van der Waals surface area (Å²) in [6.07, 6.45) is 3.15. The van der Waals surface area contributed by atoms with E-state index in [9.17, 15) is 0 Å². The van der Waals surface area contributed by atoms with Gasteiger partial charge in [-0.3, -0.25) is 0 Å². The molecule has 2 rings (SSSR count). The fourth-order valence-corrected chi connectivity index (χ4v) is 2.27. The van der Waals surface area contributed by atoms with Crippen LogP contribution in [-0.2, 0) is 13.0 Å². The van der Waals surface area contributed by atoms with Crippen LogP contribution in [0.5, 0.6) is 0 Å². The molecule has 1 aliphatic rings. The average molecular weight is 222 g/mol. The second-order valence-corrected chi connectivity index (χ2v) is 4.72. The number of imidazole rings is 1. The molecule has 1 saturated heterocycles. The normalized spacial score (nSPS) is 25.4. The van der Waals surface area contributed by atoms with Crippen LogP contribution in [0.2, 0.25) is 0 Å². The quantitative estimate of drug-likeness (QED) is 0.837. The topological polar surface area (TPSA) is 47.1 Å². The van der Waals surface area contributed by atoms with Gasteiger partial charge in [-0.15, -0.1) is 0 Å². The second-order valence-electron chi connectivity index (χ2n) is 4.72. The summed E-state index contributed by atoms with van der Waals surface area (Å²) < 4.78 is 2.23. The van der Waals surface area contributed by atoms with Gasteiger partial charge in [-0.25, -0.2) is 4.98 Å². The molecule has 16 heavy (non-hydrogen) atoms. The first-order valence-corrected chi connectivity index (χ1v) is 6.22. The molecule has 1 aliphatic heterocycles. The van der Waals surface area contributed by atoms with Gasteiger partial charge < -0.3 is 15.2 Å². The zero-order chi connectivity index (χ0) is 11.7. The number of aryl methyl sites for hydroxylation is 2. The maximum Gasteiger partial charge on any atom is 0.205 e. The van der Waals surface area contributed by atoms with Crippen LogP contribution < -0.4 is 10.6 Å². The lowest BCUT2D eigenvalue weighted by molar-refractivity contribution is 0.565. The van der Waals surface area contributed by atoms with Gasteiger partial charge in [0.05, 0.1) is 5.69 Å². The number of hydrogen-bond donors (Lipinski definition) is 1. The Morgan fingerprint density at radius 3 is 2.69 bits per heavy atom. The lowest BCUT2D eigenvalue weighted by Crippen LogP contribution is -2.29. The van der Waals surface area contributed by atoms with E-state index >= 15 is 0 Å². The SMILES string of the molecule is CCc1cn(CC)c(N2CC(C)C(N)C2)n1. The molecule has 0 bridgehead atoms. The largest absolute Gasteiger partial charge is 0.340 e. The minimum atomic E-state index is 0.284. The molecule has 2 heterocycles. The van der Waals surface area contributed by atoms with Crippen LogP contribution in [0.4, 0.5) is 5.95 Å². The Morgan fingerprint density at radius 2 is 2.19 bits per heavy atom. The van der Waals surface area contributed by atoms with Crippen molar-refractivity contribution in [3.05, 3.63) is 11.9 Å². The van der Waals surface area contributed by atoms with Crippen molar-refractivity contribution in [1.82, 2.24) is 9.55 Å². The van der Waals surface area contributed by atoms with Crippen molar-refractivity contribution < 1.29 is 0 Å². The summed E-state index contributed by atoms with van der Waals surface area (Å²) in [7, 11) is 0. The van der Waals surface area contributed by atoms with Crippen molar-refractivity contribution in [2.75, 3.05) is 18.0 Å². The molecule has 0 saturated carbocycles. The fraction of sp³-hybridized carbons (Fsp3) is 0.750. The van der Waals surface area contributed by atoms with Crippen molar-refractivity contribution in [2.24, 2.45) is 11.7 Å². The van der Waals surface area contributed by atoms with Gasteiger partial charge in [0, 0.05) is 31.9 Å². The Bertz CT molecular complexity index is 348. The number of anilines is 1. The van der Waals surface area contributed by atoms with E-state index in [4.69, 9.17) is 5.73 Å². The third-order valence-corrected chi connectivity index (χ3v) is 3.46. The van der Waals surface area contributed by atoms with Crippen molar-refractivity contribution in [2.45, 2.75) is 39.8 Å². The molecule has 4 nitrogen and oxygen atoms in total. The molecule has 2 unspecified atom stereocenters. The first kappa shape index (κ1) is 11.5. The first-order valence-electron chi connectivity index (χ1n) is 6.22. The predicted molar refractivity (Wildman–Crippen MR) is 66.6 cm³/mol. The van der Waals surface area contributed by atoms with Gasteiger partial charge in [0.2, 0.25) is 5.95 Å². The molecule has 1 aromatic rings. The maximum atomic E-state index is 6.06. The number of rotatable bonds is 3. The Morgan fingerprint density at radius 1 is 1.44 bits per heavy atom. The summed E-state index contributed by atoms with van der Waals surface area (Å²) >= 11 is 0. The third kappa shape index (κ3) is 1.94. The molecule has 2 N–H and O–H groups in total. The predicted octanol–water partition coefficient (Wildman–Crippen LogP) is 1.25. The summed E-state index contributed by atoms with van der Waals surface area (Å²) in [5.41, 5.74) is 7.23. The highest BCUT2D eigenvalue weighted by Crippen LogP contribution is 2.22. The zero-order valence-corrected chi connectivity index (χ0v) is 10.5. The van der Waals surface area contributed by atoms with Gasteiger partial charge in [-0.2, -0.15) is 0 Å². The van der Waals surface area contributed by atoms with E-state index in [1.807, 2.05) is 0 Å². The van der Waals surface area contributed by atoms with Gasteiger partial charge in [-0.05, 0) is 19.3 Å². The van der Waals surface area contributed by atoms with E-state index in [1.165, 1.54) is 5.69 Å². The van der Waals surface area contributed by atoms with Gasteiger partial charge in [0.25, 0.3) is 0 Å². The number of aromatic nitrogens is 2. The Hall–Kier alpha value is -1.03. The van der Waals surface area contributed by atoms with Crippen molar-refractivity contribution in [3.63, 3.8) is 0 Å². The van der Waals surface area contributed by atoms with Crippen LogP contribution in [0.15, 0.2) is 6.20 Å². The standard InChI is InChI=1S/C12H22N4/c1-4-10-7-15(5-2)12(14-10)16-6-9(3)11(13)8-16/h7,9,11H,4-6,8,13H2,1-3H3. The molecule has 0 spiro atoms. The molecule has 0 amide bonds. The van der Waals surface area contributed by atoms with Crippen LogP contribution in [-0.4, -0.2) is 28.7 Å². The van der Waals surface area contributed by atoms with E-state index in [0.29, 0.717) is 5.92 Å². The third-order valence-electron chi connectivity index (χ3n) is 3.46. The minimum absolute atomic E-state index is 0.284. The van der Waals surface area contributed by atoms with Crippen molar-refractivity contribution in [3.8, 4) is 0 Å². The second kappa shape index (κ2) is 4.45. The zero-order valence-electron chi connectivity index (χ0n) is 10.5. The van der Waals surface area contributed by atoms with E-state index in [-0.39, 0.29) is 6.04 Å². The highest BCUT2D eigenvalue weighted by molar-refractivity contribution is 5.36. The Kier molecular flexibility index (Phi) is 3.19. The Balaban J connectivity index is 2.23. The lowest BCUT2D eigenvalue weighted by atomic mass is 10.1. The summed E-state index contributed by atoms with van der Waals surface area (Å²) in [5.74, 6) is 1.66. The highest BCUT2D eigenvalue weighted by Gasteiger charge is 2.29. The lowest BCUT2D eigenvalue weighted by Gasteiger charge is -2.17. The van der Waals surface area contributed by atoms with Crippen LogP contribution in [0.3, 0.4) is 0 Å². The molecule has 90 valence electrons. The van der Waals surface area contributed by atoms with Gasteiger partial charge in [0.15, 0.2) is 0 Å². The van der Waals surface area contributed by atoms with Gasteiger partial charge >= 0.3 is 0 Å². The molecule has 0 aliphatic carbocycles. The molecule has 1 fully saturated rings. The number of nitrogens with zero attached hydrogens (tertiary/aromatic N) is 3. The van der Waals surface area contributed by atoms with E-state index in [1.54, 1.807) is 0 Å². The summed E-state index contributed by atoms with van der Waals surface area (Å²) in [6, 6.07) is 0.284. The van der Waals surface area contributed by atoms with E-state index < -0.39 is 0 Å². The van der Waals surface area contributed by atoms with Crippen LogP contribution in [0.25, 0.3) is 0 Å². The number of hydrogen-bond acceptors (Lipinski definition) is 3. The highest BCUT2D eigenvalue weighted by atomic mass is 15.3. The van der Waals surface area contributed by atoms with Crippen molar-refractivity contribution in [1.29, 1.82) is 0 Å². The Labute approximate surface area is 97.4 Å². The summed E-state index contributed by atoms with van der Waals surface area (Å²) in [6.45, 7) is 9.45. The van der Waals surface area contributed by atoms with Crippen LogP contribution in [0, 0.1) is 5.92 Å². The molecule has 0 radical (unpaired) electrons. The fourth-order valence-electron chi connectivity index (χ4n) is 2.27. The molecule has 4 heteroatoms. The summed E-state index contributed by atoms with van der Waals surface area (Å²) in [5, 5.41) is 0. The molecule has 2 atom stereocenters. The van der Waals surface area contributed by atoms with Gasteiger partial charge in [-0.1, -0.05) is 13.8 Å². The maximum absolute atomic E-state index is 6.06. The molecular weight excluding hydrogens is 200 g/mol. The molecular formula is C12H22N4.